The maximum Gasteiger partial charge on any atom is 0.309 e. The minimum atomic E-state index is -1.01. The number of benzene rings is 1. The fourth-order valence-electron chi connectivity index (χ4n) is 1.42. The number of carboxylic acids is 1. The summed E-state index contributed by atoms with van der Waals surface area (Å²) in [6.45, 7) is 3.12. The molecule has 17 heavy (non-hydrogen) atoms. The quantitative estimate of drug-likeness (QED) is 0.929. The van der Waals surface area contributed by atoms with Gasteiger partial charge in [0.25, 0.3) is 0 Å². The van der Waals surface area contributed by atoms with Gasteiger partial charge in [-0.1, -0.05) is 6.07 Å². The van der Waals surface area contributed by atoms with Crippen molar-refractivity contribution in [2.45, 2.75) is 20.3 Å². The third-order valence-corrected chi connectivity index (χ3v) is 3.30. The van der Waals surface area contributed by atoms with E-state index in [4.69, 9.17) is 9.84 Å². The van der Waals surface area contributed by atoms with Gasteiger partial charge in [-0.05, 0) is 47.8 Å². The summed E-state index contributed by atoms with van der Waals surface area (Å²) in [5.41, 5.74) is -0.653. The molecule has 0 saturated heterocycles. The molecule has 0 amide bonds. The smallest absolute Gasteiger partial charge is 0.309 e. The second-order valence-corrected chi connectivity index (χ2v) is 5.21. The molecule has 1 aromatic rings. The molecule has 0 atom stereocenters. The zero-order valence-electron chi connectivity index (χ0n) is 9.88. The van der Waals surface area contributed by atoms with Crippen molar-refractivity contribution in [3.05, 3.63) is 28.0 Å². The van der Waals surface area contributed by atoms with Crippen LogP contribution in [0.15, 0.2) is 16.6 Å². The highest BCUT2D eigenvalue weighted by Gasteiger charge is 2.29. The van der Waals surface area contributed by atoms with E-state index in [0.717, 1.165) is 0 Å². The number of carboxylic acid groups (broad SMARTS) is 1. The van der Waals surface area contributed by atoms with Gasteiger partial charge in [0.1, 0.15) is 11.6 Å². The zero-order valence-corrected chi connectivity index (χ0v) is 11.5. The Hall–Kier alpha value is -1.10. The Balaban J connectivity index is 3.09. The van der Waals surface area contributed by atoms with E-state index in [1.54, 1.807) is 26.0 Å². The number of rotatable bonds is 4. The van der Waals surface area contributed by atoms with Gasteiger partial charge in [-0.15, -0.1) is 0 Å². The summed E-state index contributed by atoms with van der Waals surface area (Å²) in [5, 5.41) is 9.00. The number of aliphatic carboxylic acids is 1. The molecule has 0 unspecified atom stereocenters. The lowest BCUT2D eigenvalue weighted by atomic mass is 9.86. The molecule has 0 aliphatic heterocycles. The first-order valence-electron chi connectivity index (χ1n) is 5.04. The predicted molar refractivity (Wildman–Crippen MR) is 65.8 cm³/mol. The first-order chi connectivity index (χ1) is 7.79. The van der Waals surface area contributed by atoms with Gasteiger partial charge < -0.3 is 9.84 Å². The van der Waals surface area contributed by atoms with Crippen LogP contribution >= 0.6 is 15.9 Å². The molecule has 0 aliphatic carbocycles. The molecule has 1 rings (SSSR count). The van der Waals surface area contributed by atoms with E-state index < -0.39 is 17.2 Å². The van der Waals surface area contributed by atoms with Crippen molar-refractivity contribution in [3.63, 3.8) is 0 Å². The molecule has 1 N–H and O–H groups in total. The maximum absolute atomic E-state index is 13.9. The van der Waals surface area contributed by atoms with Crippen LogP contribution in [0.25, 0.3) is 0 Å². The first kappa shape index (κ1) is 14.0. The topological polar surface area (TPSA) is 46.5 Å². The molecule has 94 valence electrons. The van der Waals surface area contributed by atoms with Gasteiger partial charge in [0.05, 0.1) is 17.0 Å². The zero-order chi connectivity index (χ0) is 13.2. The van der Waals surface area contributed by atoms with Crippen LogP contribution in [0.5, 0.6) is 5.75 Å². The van der Waals surface area contributed by atoms with E-state index >= 15 is 0 Å². The lowest BCUT2D eigenvalue weighted by Gasteiger charge is -2.20. The molecule has 0 radical (unpaired) electrons. The lowest BCUT2D eigenvalue weighted by molar-refractivity contribution is -0.146. The molecule has 0 fully saturated rings. The normalized spacial score (nSPS) is 11.4. The van der Waals surface area contributed by atoms with E-state index in [1.807, 2.05) is 0 Å². The van der Waals surface area contributed by atoms with Crippen LogP contribution in [0.3, 0.4) is 0 Å². The van der Waals surface area contributed by atoms with Gasteiger partial charge in [-0.2, -0.15) is 0 Å². The van der Waals surface area contributed by atoms with Crippen molar-refractivity contribution in [2.24, 2.45) is 5.41 Å². The monoisotopic (exact) mass is 304 g/mol. The number of halogens is 2. The molecule has 3 nitrogen and oxygen atoms in total. The minimum absolute atomic E-state index is 0.122. The molecule has 0 heterocycles. The molecular formula is C12H14BrFO3. The molecule has 5 heteroatoms. The van der Waals surface area contributed by atoms with Crippen LogP contribution < -0.4 is 4.74 Å². The molecular weight excluding hydrogens is 291 g/mol. The Bertz CT molecular complexity index is 444. The highest BCUT2D eigenvalue weighted by molar-refractivity contribution is 9.10. The molecule has 0 spiro atoms. The first-order valence-corrected chi connectivity index (χ1v) is 5.83. The summed E-state index contributed by atoms with van der Waals surface area (Å²) in [6.07, 6.45) is 0.122. The summed E-state index contributed by atoms with van der Waals surface area (Å²) in [6, 6.07) is 3.16. The van der Waals surface area contributed by atoms with Gasteiger partial charge in [0.15, 0.2) is 0 Å². The standard InChI is InChI=1S/C12H14BrFO3/c1-12(2,11(15)16)6-7-4-5-8(17-3)9(13)10(7)14/h4-5H,6H2,1-3H3,(H,15,16). The van der Waals surface area contributed by atoms with Crippen LogP contribution in [0, 0.1) is 11.2 Å². The maximum atomic E-state index is 13.9. The van der Waals surface area contributed by atoms with Gasteiger partial charge in [0.2, 0.25) is 0 Å². The highest BCUT2D eigenvalue weighted by Crippen LogP contribution is 2.32. The van der Waals surface area contributed by atoms with E-state index in [2.05, 4.69) is 15.9 Å². The number of ether oxygens (including phenoxy) is 1. The Morgan fingerprint density at radius 2 is 2.12 bits per heavy atom. The Morgan fingerprint density at radius 1 is 1.53 bits per heavy atom. The van der Waals surface area contributed by atoms with Crippen molar-refractivity contribution < 1.29 is 19.0 Å². The van der Waals surface area contributed by atoms with Gasteiger partial charge in [0, 0.05) is 0 Å². The van der Waals surface area contributed by atoms with Crippen LogP contribution in [0.1, 0.15) is 19.4 Å². The van der Waals surface area contributed by atoms with Gasteiger partial charge in [-0.3, -0.25) is 4.79 Å². The van der Waals surface area contributed by atoms with E-state index in [1.165, 1.54) is 7.11 Å². The van der Waals surface area contributed by atoms with Crippen molar-refractivity contribution in [3.8, 4) is 5.75 Å². The van der Waals surface area contributed by atoms with E-state index in [0.29, 0.717) is 11.3 Å². The fraction of sp³-hybridized carbons (Fsp3) is 0.417. The van der Waals surface area contributed by atoms with Crippen molar-refractivity contribution in [1.29, 1.82) is 0 Å². The second-order valence-electron chi connectivity index (χ2n) is 4.42. The fourth-order valence-corrected chi connectivity index (χ4v) is 1.97. The average molecular weight is 305 g/mol. The Labute approximate surface area is 108 Å². The van der Waals surface area contributed by atoms with Crippen molar-refractivity contribution in [1.82, 2.24) is 0 Å². The molecule has 0 aromatic heterocycles. The van der Waals surface area contributed by atoms with E-state index in [9.17, 15) is 9.18 Å². The third-order valence-electron chi connectivity index (χ3n) is 2.56. The van der Waals surface area contributed by atoms with Crippen LogP contribution in [-0.2, 0) is 11.2 Å². The molecule has 1 aromatic carbocycles. The van der Waals surface area contributed by atoms with Crippen molar-refractivity contribution in [2.75, 3.05) is 7.11 Å². The Kier molecular flexibility index (Phi) is 4.14. The summed E-state index contributed by atoms with van der Waals surface area (Å²) >= 11 is 3.09. The minimum Gasteiger partial charge on any atom is -0.495 e. The second kappa shape index (κ2) is 5.04. The molecule has 0 bridgehead atoms. The highest BCUT2D eigenvalue weighted by atomic mass is 79.9. The van der Waals surface area contributed by atoms with Crippen LogP contribution in [0.2, 0.25) is 0 Å². The predicted octanol–water partition coefficient (Wildman–Crippen LogP) is 3.25. The number of carbonyl (C=O) groups is 1. The number of methoxy groups -OCH3 is 1. The average Bonchev–Trinajstić information content (AvgIpc) is 2.25. The molecule has 0 aliphatic rings. The lowest BCUT2D eigenvalue weighted by Crippen LogP contribution is -2.26. The summed E-state index contributed by atoms with van der Waals surface area (Å²) in [4.78, 5) is 11.0. The van der Waals surface area contributed by atoms with E-state index in [-0.39, 0.29) is 10.9 Å². The largest absolute Gasteiger partial charge is 0.495 e. The van der Waals surface area contributed by atoms with Gasteiger partial charge in [-0.25, -0.2) is 4.39 Å². The van der Waals surface area contributed by atoms with Gasteiger partial charge >= 0.3 is 5.97 Å². The van der Waals surface area contributed by atoms with Crippen LogP contribution in [-0.4, -0.2) is 18.2 Å². The van der Waals surface area contributed by atoms with Crippen LogP contribution in [0.4, 0.5) is 4.39 Å². The SMILES string of the molecule is COc1ccc(CC(C)(C)C(=O)O)c(F)c1Br. The summed E-state index contributed by atoms with van der Waals surface area (Å²) in [5.74, 6) is -1.04. The Morgan fingerprint density at radius 3 is 2.59 bits per heavy atom. The molecule has 0 saturated carbocycles. The number of hydrogen-bond acceptors (Lipinski definition) is 2. The summed E-state index contributed by atoms with van der Waals surface area (Å²) < 4.78 is 19.1. The summed E-state index contributed by atoms with van der Waals surface area (Å²) in [7, 11) is 1.44. The third kappa shape index (κ3) is 2.97. The van der Waals surface area contributed by atoms with Crippen molar-refractivity contribution >= 4 is 21.9 Å². The number of hydrogen-bond donors (Lipinski definition) is 1.